The van der Waals surface area contributed by atoms with E-state index >= 15 is 0 Å². The van der Waals surface area contributed by atoms with Gasteiger partial charge in [-0.1, -0.05) is 18.2 Å². The fourth-order valence-corrected chi connectivity index (χ4v) is 7.84. The average molecular weight is 796 g/mol. The Hall–Kier alpha value is -6.07. The summed E-state index contributed by atoms with van der Waals surface area (Å²) < 4.78 is 20.3. The van der Waals surface area contributed by atoms with Crippen LogP contribution in [-0.4, -0.2) is 125 Å². The number of ether oxygens (including phenoxy) is 4. The highest BCUT2D eigenvalue weighted by Crippen LogP contribution is 2.35. The monoisotopic (exact) mass is 795 g/mol. The quantitative estimate of drug-likeness (QED) is 0.132. The molecule has 6 atom stereocenters. The molecule has 3 aromatic heterocycles. The standard InChI is InChI=1S/C41H49N9O8/c1-22(55-3)34(47-40(53)57-5)38(51)49-17-7-9-32(49)36-42-21-31(46-36)25-12-15-27-24(19-25)11-14-28(43-27)26-13-16-29-30(20-26)45-37(44-29)33-10-8-18-50(33)39(52)35(23(2)56-4)48-41(54)58-6/h11-16,19-23,32-35H,7-10,17-18H2,1-6H3,(H,42,46)(H,44,45)(H,47,53)(H,48,54). The predicted octanol–water partition coefficient (Wildman–Crippen LogP) is 5.01. The summed E-state index contributed by atoms with van der Waals surface area (Å²) in [6.07, 6.45) is 2.27. The lowest BCUT2D eigenvalue weighted by molar-refractivity contribution is -0.138. The van der Waals surface area contributed by atoms with Gasteiger partial charge < -0.3 is 49.3 Å². The van der Waals surface area contributed by atoms with E-state index in [0.717, 1.165) is 70.1 Å². The molecule has 4 amide bonds. The highest BCUT2D eigenvalue weighted by atomic mass is 16.5. The highest BCUT2D eigenvalue weighted by Gasteiger charge is 2.40. The van der Waals surface area contributed by atoms with Crippen LogP contribution < -0.4 is 10.6 Å². The Labute approximate surface area is 335 Å². The number of hydrogen-bond donors (Lipinski definition) is 4. The Morgan fingerprint density at radius 3 is 1.90 bits per heavy atom. The van der Waals surface area contributed by atoms with Crippen LogP contribution in [0.1, 0.15) is 63.3 Å². The Bertz CT molecular complexity index is 2310. The van der Waals surface area contributed by atoms with Crippen LogP contribution in [-0.2, 0) is 28.5 Å². The first-order chi connectivity index (χ1) is 28.0. The van der Waals surface area contributed by atoms with Crippen LogP contribution in [0.4, 0.5) is 9.59 Å². The van der Waals surface area contributed by atoms with E-state index in [4.69, 9.17) is 28.9 Å². The summed E-state index contributed by atoms with van der Waals surface area (Å²) in [6, 6.07) is 13.6. The summed E-state index contributed by atoms with van der Waals surface area (Å²) >= 11 is 0. The second kappa shape index (κ2) is 17.2. The number of benzene rings is 2. The van der Waals surface area contributed by atoms with E-state index in [1.165, 1.54) is 28.4 Å². The van der Waals surface area contributed by atoms with Crippen molar-refractivity contribution in [3.63, 3.8) is 0 Å². The van der Waals surface area contributed by atoms with Crippen molar-refractivity contribution in [2.45, 2.75) is 75.9 Å². The van der Waals surface area contributed by atoms with Gasteiger partial charge in [0.15, 0.2) is 0 Å². The molecular weight excluding hydrogens is 747 g/mol. The zero-order chi connectivity index (χ0) is 41.1. The van der Waals surface area contributed by atoms with E-state index in [0.29, 0.717) is 24.7 Å². The minimum atomic E-state index is -0.913. The average Bonchev–Trinajstić information content (AvgIpc) is 4.09. The number of imidazole rings is 2. The molecule has 2 aliphatic rings. The normalized spacial score (nSPS) is 18.9. The minimum Gasteiger partial charge on any atom is -0.453 e. The first-order valence-corrected chi connectivity index (χ1v) is 19.3. The van der Waals surface area contributed by atoms with Crippen molar-refractivity contribution in [3.8, 4) is 22.5 Å². The third-order valence-electron chi connectivity index (χ3n) is 11.2. The number of rotatable bonds is 12. The van der Waals surface area contributed by atoms with Gasteiger partial charge >= 0.3 is 12.2 Å². The van der Waals surface area contributed by atoms with Crippen molar-refractivity contribution < 1.29 is 38.1 Å². The summed E-state index contributed by atoms with van der Waals surface area (Å²) in [7, 11) is 5.50. The number of nitrogens with zero attached hydrogens (tertiary/aromatic N) is 5. The van der Waals surface area contributed by atoms with Gasteiger partial charge in [0.2, 0.25) is 11.8 Å². The Morgan fingerprint density at radius 2 is 1.29 bits per heavy atom. The SMILES string of the molecule is COC(=O)NC(C(=O)N1CCCC1c1ncc(-c2ccc3nc(-c4ccc5nc(C6CCCN6C(=O)C(NC(=O)OC)C(C)OC)[nH]c5c4)ccc3c2)[nH]1)C(C)OC. The van der Waals surface area contributed by atoms with Crippen LogP contribution in [0.2, 0.25) is 0 Å². The summed E-state index contributed by atoms with van der Waals surface area (Å²) in [5.41, 5.74) is 5.83. The Kier molecular flexibility index (Phi) is 11.9. The first-order valence-electron chi connectivity index (χ1n) is 19.3. The third-order valence-corrected chi connectivity index (χ3v) is 11.2. The molecule has 58 heavy (non-hydrogen) atoms. The number of aromatic amines is 2. The molecule has 306 valence electrons. The molecule has 2 fully saturated rings. The Balaban J connectivity index is 1.07. The summed E-state index contributed by atoms with van der Waals surface area (Å²) in [5.74, 6) is 0.824. The molecule has 5 heterocycles. The van der Waals surface area contributed by atoms with E-state index in [9.17, 15) is 19.2 Å². The highest BCUT2D eigenvalue weighted by molar-refractivity contribution is 5.89. The molecule has 17 heteroatoms. The molecule has 0 radical (unpaired) electrons. The lowest BCUT2D eigenvalue weighted by atomic mass is 10.1. The lowest BCUT2D eigenvalue weighted by Gasteiger charge is -2.30. The number of methoxy groups -OCH3 is 4. The van der Waals surface area contributed by atoms with Gasteiger partial charge in [-0.3, -0.25) is 9.59 Å². The maximum absolute atomic E-state index is 13.7. The van der Waals surface area contributed by atoms with Crippen LogP contribution >= 0.6 is 0 Å². The maximum Gasteiger partial charge on any atom is 0.407 e. The van der Waals surface area contributed by atoms with Crippen LogP contribution in [0.15, 0.2) is 54.7 Å². The van der Waals surface area contributed by atoms with E-state index < -0.39 is 36.5 Å². The molecule has 0 saturated carbocycles. The summed E-state index contributed by atoms with van der Waals surface area (Å²) in [4.78, 5) is 76.3. The number of nitrogens with one attached hydrogen (secondary N) is 4. The van der Waals surface area contributed by atoms with Crippen molar-refractivity contribution in [1.29, 1.82) is 0 Å². The zero-order valence-corrected chi connectivity index (χ0v) is 33.4. The number of H-pyrrole nitrogens is 2. The van der Waals surface area contributed by atoms with Gasteiger partial charge in [0, 0.05) is 43.8 Å². The van der Waals surface area contributed by atoms with Gasteiger partial charge in [-0.2, -0.15) is 0 Å². The molecule has 0 bridgehead atoms. The number of hydrogen-bond acceptors (Lipinski definition) is 11. The van der Waals surface area contributed by atoms with Gasteiger partial charge in [-0.15, -0.1) is 0 Å². The molecule has 17 nitrogen and oxygen atoms in total. The van der Waals surface area contributed by atoms with E-state index in [1.54, 1.807) is 29.8 Å². The fourth-order valence-electron chi connectivity index (χ4n) is 7.84. The van der Waals surface area contributed by atoms with Gasteiger partial charge in [0.1, 0.15) is 23.7 Å². The van der Waals surface area contributed by atoms with Crippen molar-refractivity contribution in [2.75, 3.05) is 41.5 Å². The van der Waals surface area contributed by atoms with Crippen LogP contribution in [0, 0.1) is 0 Å². The summed E-state index contributed by atoms with van der Waals surface area (Å²) in [5, 5.41) is 6.19. The fraction of sp³-hybridized carbons (Fsp3) is 0.439. The van der Waals surface area contributed by atoms with Crippen molar-refractivity contribution >= 4 is 45.9 Å². The summed E-state index contributed by atoms with van der Waals surface area (Å²) in [6.45, 7) is 4.51. The van der Waals surface area contributed by atoms with E-state index in [-0.39, 0.29) is 23.9 Å². The number of fused-ring (bicyclic) bond motifs is 2. The number of likely N-dealkylation sites (tertiary alicyclic amines) is 2. The van der Waals surface area contributed by atoms with Crippen molar-refractivity contribution in [2.24, 2.45) is 0 Å². The smallest absolute Gasteiger partial charge is 0.407 e. The topological polar surface area (TPSA) is 206 Å². The molecule has 2 saturated heterocycles. The lowest BCUT2D eigenvalue weighted by Crippen LogP contribution is -2.54. The van der Waals surface area contributed by atoms with Gasteiger partial charge in [-0.05, 0) is 69.9 Å². The maximum atomic E-state index is 13.7. The van der Waals surface area contributed by atoms with Crippen LogP contribution in [0.25, 0.3) is 44.5 Å². The predicted molar refractivity (Wildman–Crippen MR) is 213 cm³/mol. The molecule has 2 aromatic carbocycles. The molecule has 0 aliphatic carbocycles. The largest absolute Gasteiger partial charge is 0.453 e. The number of alkyl carbamates (subject to hydrolysis) is 2. The number of carbonyl (C=O) groups is 4. The third kappa shape index (κ3) is 8.04. The van der Waals surface area contributed by atoms with Crippen molar-refractivity contribution in [1.82, 2.24) is 45.4 Å². The molecule has 4 N–H and O–H groups in total. The van der Waals surface area contributed by atoms with E-state index in [1.807, 2.05) is 42.5 Å². The molecule has 6 unspecified atom stereocenters. The number of carbonyl (C=O) groups excluding carboxylic acids is 4. The molecular formula is C41H49N9O8. The van der Waals surface area contributed by atoms with Crippen molar-refractivity contribution in [3.05, 3.63) is 66.4 Å². The Morgan fingerprint density at radius 1 is 0.707 bits per heavy atom. The zero-order valence-electron chi connectivity index (χ0n) is 33.4. The first kappa shape index (κ1) is 40.1. The van der Waals surface area contributed by atoms with Gasteiger partial charge in [0.25, 0.3) is 0 Å². The number of amides is 4. The molecule has 5 aromatic rings. The van der Waals surface area contributed by atoms with E-state index in [2.05, 4.69) is 31.7 Å². The number of aromatic nitrogens is 5. The number of pyridine rings is 1. The molecule has 7 rings (SSSR count). The van der Waals surface area contributed by atoms with Gasteiger partial charge in [-0.25, -0.2) is 24.5 Å². The molecule has 0 spiro atoms. The van der Waals surface area contributed by atoms with Crippen LogP contribution in [0.3, 0.4) is 0 Å². The molecule has 2 aliphatic heterocycles. The van der Waals surface area contributed by atoms with Crippen LogP contribution in [0.5, 0.6) is 0 Å². The second-order valence-electron chi connectivity index (χ2n) is 14.6. The second-order valence-corrected chi connectivity index (χ2v) is 14.6. The minimum absolute atomic E-state index is 0.259. The van der Waals surface area contributed by atoms with Gasteiger partial charge in [0.05, 0.1) is 72.6 Å².